The van der Waals surface area contributed by atoms with Crippen molar-refractivity contribution in [1.82, 2.24) is 9.62 Å². The number of amides is 1. The van der Waals surface area contributed by atoms with E-state index < -0.39 is 15.8 Å². The Morgan fingerprint density at radius 1 is 1.18 bits per heavy atom. The van der Waals surface area contributed by atoms with E-state index in [2.05, 4.69) is 4.72 Å². The summed E-state index contributed by atoms with van der Waals surface area (Å²) in [6.45, 7) is 0.516. The summed E-state index contributed by atoms with van der Waals surface area (Å²) in [6.07, 6.45) is 0. The van der Waals surface area contributed by atoms with E-state index in [9.17, 15) is 17.6 Å². The summed E-state index contributed by atoms with van der Waals surface area (Å²) in [7, 11) is 0.652. The molecule has 152 valence electrons. The third-order valence-electron chi connectivity index (χ3n) is 3.97. The normalized spacial score (nSPS) is 11.3. The molecule has 0 radical (unpaired) electrons. The van der Waals surface area contributed by atoms with E-state index in [1.165, 1.54) is 55.5 Å². The Bertz CT molecular complexity index is 934. The van der Waals surface area contributed by atoms with E-state index >= 15 is 0 Å². The van der Waals surface area contributed by atoms with Gasteiger partial charge in [-0.2, -0.15) is 0 Å². The fourth-order valence-electron chi connectivity index (χ4n) is 2.53. The fourth-order valence-corrected chi connectivity index (χ4v) is 3.59. The van der Waals surface area contributed by atoms with Gasteiger partial charge in [-0.1, -0.05) is 12.1 Å². The number of sulfonamides is 1. The van der Waals surface area contributed by atoms with Crippen LogP contribution in [0.3, 0.4) is 0 Å². The van der Waals surface area contributed by atoms with Crippen molar-refractivity contribution < 1.29 is 27.1 Å². The summed E-state index contributed by atoms with van der Waals surface area (Å²) >= 11 is 0. The number of nitrogens with zero attached hydrogens (tertiary/aromatic N) is 1. The molecule has 1 N–H and O–H groups in total. The molecular weight excluding hydrogens is 387 g/mol. The van der Waals surface area contributed by atoms with Gasteiger partial charge in [-0.25, -0.2) is 17.5 Å². The molecule has 0 unspecified atom stereocenters. The third kappa shape index (κ3) is 5.51. The quantitative estimate of drug-likeness (QED) is 0.640. The molecule has 0 spiro atoms. The Kier molecular flexibility index (Phi) is 7.50. The predicted octanol–water partition coefficient (Wildman–Crippen LogP) is 2.03. The van der Waals surface area contributed by atoms with Gasteiger partial charge in [-0.15, -0.1) is 0 Å². The van der Waals surface area contributed by atoms with E-state index in [1.54, 1.807) is 13.1 Å². The van der Waals surface area contributed by atoms with Gasteiger partial charge in [-0.3, -0.25) is 4.79 Å². The van der Waals surface area contributed by atoms with Crippen molar-refractivity contribution in [2.45, 2.75) is 11.4 Å². The highest BCUT2D eigenvalue weighted by atomic mass is 32.2. The van der Waals surface area contributed by atoms with Gasteiger partial charge in [0.05, 0.1) is 18.6 Å². The first-order chi connectivity index (χ1) is 13.3. The summed E-state index contributed by atoms with van der Waals surface area (Å²) in [5.74, 6) is -0.780. The number of benzene rings is 2. The average Bonchev–Trinajstić information content (AvgIpc) is 2.67. The molecule has 28 heavy (non-hydrogen) atoms. The number of carbonyl (C=O) groups is 1. The summed E-state index contributed by atoms with van der Waals surface area (Å²) in [5, 5.41) is 0. The topological polar surface area (TPSA) is 84.9 Å². The van der Waals surface area contributed by atoms with Crippen LogP contribution in [0.4, 0.5) is 4.39 Å². The lowest BCUT2D eigenvalue weighted by molar-refractivity contribution is 0.0784. The van der Waals surface area contributed by atoms with Crippen LogP contribution in [0.15, 0.2) is 47.4 Å². The number of rotatable bonds is 9. The molecule has 2 aromatic rings. The lowest BCUT2D eigenvalue weighted by atomic mass is 10.1. The van der Waals surface area contributed by atoms with Crippen molar-refractivity contribution in [2.75, 3.05) is 34.4 Å². The number of ether oxygens (including phenoxy) is 2. The molecule has 9 heteroatoms. The van der Waals surface area contributed by atoms with Gasteiger partial charge in [-0.05, 0) is 35.9 Å². The molecule has 0 aliphatic carbocycles. The predicted molar refractivity (Wildman–Crippen MR) is 102 cm³/mol. The van der Waals surface area contributed by atoms with Gasteiger partial charge in [0.1, 0.15) is 0 Å². The zero-order valence-corrected chi connectivity index (χ0v) is 16.8. The van der Waals surface area contributed by atoms with Gasteiger partial charge < -0.3 is 14.4 Å². The van der Waals surface area contributed by atoms with Gasteiger partial charge in [0.25, 0.3) is 5.91 Å². The SMILES string of the molecule is COCCNS(=O)(=O)c1cccc(C(=O)N(C)Cc2ccc(OC)c(F)c2)c1. The van der Waals surface area contributed by atoms with E-state index in [1.807, 2.05) is 0 Å². The largest absolute Gasteiger partial charge is 0.494 e. The summed E-state index contributed by atoms with van der Waals surface area (Å²) in [4.78, 5) is 14.0. The molecule has 0 bridgehead atoms. The summed E-state index contributed by atoms with van der Waals surface area (Å²) < 4.78 is 50.5. The van der Waals surface area contributed by atoms with Crippen LogP contribution in [0.25, 0.3) is 0 Å². The second-order valence-electron chi connectivity index (χ2n) is 6.05. The number of carbonyl (C=O) groups excluding carboxylic acids is 1. The first kappa shape index (κ1) is 21.8. The molecule has 0 atom stereocenters. The number of nitrogens with one attached hydrogen (secondary N) is 1. The maximum atomic E-state index is 13.8. The van der Waals surface area contributed by atoms with Crippen LogP contribution in [0, 0.1) is 5.82 Å². The molecule has 2 rings (SSSR count). The van der Waals surface area contributed by atoms with Gasteiger partial charge in [0, 0.05) is 32.8 Å². The maximum Gasteiger partial charge on any atom is 0.253 e. The van der Waals surface area contributed by atoms with Crippen molar-refractivity contribution in [2.24, 2.45) is 0 Å². The second kappa shape index (κ2) is 9.63. The molecule has 0 aliphatic heterocycles. The molecule has 7 nitrogen and oxygen atoms in total. The Balaban J connectivity index is 2.14. The lowest BCUT2D eigenvalue weighted by Gasteiger charge is -2.18. The molecule has 0 heterocycles. The van der Waals surface area contributed by atoms with Crippen LogP contribution in [-0.4, -0.2) is 53.6 Å². The van der Waals surface area contributed by atoms with E-state index in [-0.39, 0.29) is 41.8 Å². The third-order valence-corrected chi connectivity index (χ3v) is 5.43. The van der Waals surface area contributed by atoms with Gasteiger partial charge in [0.2, 0.25) is 10.0 Å². The number of methoxy groups -OCH3 is 2. The van der Waals surface area contributed by atoms with Crippen LogP contribution >= 0.6 is 0 Å². The Morgan fingerprint density at radius 3 is 2.57 bits per heavy atom. The minimum absolute atomic E-state index is 0.0154. The molecule has 0 saturated heterocycles. The minimum atomic E-state index is -3.75. The standard InChI is InChI=1S/C19H23FN2O5S/c1-22(13-14-7-8-18(27-3)17(20)11-14)19(23)15-5-4-6-16(12-15)28(24,25)21-9-10-26-2/h4-8,11-12,21H,9-10,13H2,1-3H3. The van der Waals surface area contributed by atoms with E-state index in [4.69, 9.17) is 9.47 Å². The van der Waals surface area contributed by atoms with Gasteiger partial charge >= 0.3 is 0 Å². The average molecular weight is 410 g/mol. The summed E-state index contributed by atoms with van der Waals surface area (Å²) in [6, 6.07) is 10.2. The van der Waals surface area contributed by atoms with E-state index in [0.717, 1.165) is 0 Å². The van der Waals surface area contributed by atoms with Crippen molar-refractivity contribution in [1.29, 1.82) is 0 Å². The highest BCUT2D eigenvalue weighted by Gasteiger charge is 2.18. The minimum Gasteiger partial charge on any atom is -0.494 e. The van der Waals surface area contributed by atoms with Crippen molar-refractivity contribution in [3.63, 3.8) is 0 Å². The molecule has 0 aromatic heterocycles. The van der Waals surface area contributed by atoms with Crippen LogP contribution in [0.1, 0.15) is 15.9 Å². The zero-order valence-electron chi connectivity index (χ0n) is 15.9. The maximum absolute atomic E-state index is 13.8. The molecular formula is C19H23FN2O5S. The van der Waals surface area contributed by atoms with Crippen LogP contribution in [0.5, 0.6) is 5.75 Å². The zero-order chi connectivity index (χ0) is 20.7. The summed E-state index contributed by atoms with van der Waals surface area (Å²) in [5.41, 5.74) is 0.797. The Morgan fingerprint density at radius 2 is 1.93 bits per heavy atom. The monoisotopic (exact) mass is 410 g/mol. The molecule has 2 aromatic carbocycles. The lowest BCUT2D eigenvalue weighted by Crippen LogP contribution is -2.28. The number of hydrogen-bond donors (Lipinski definition) is 1. The van der Waals surface area contributed by atoms with Crippen LogP contribution < -0.4 is 9.46 Å². The second-order valence-corrected chi connectivity index (χ2v) is 7.82. The highest BCUT2D eigenvalue weighted by Crippen LogP contribution is 2.19. The number of hydrogen-bond acceptors (Lipinski definition) is 5. The van der Waals surface area contributed by atoms with Crippen molar-refractivity contribution in [3.05, 3.63) is 59.4 Å². The van der Waals surface area contributed by atoms with Crippen LogP contribution in [-0.2, 0) is 21.3 Å². The van der Waals surface area contributed by atoms with E-state index in [0.29, 0.717) is 5.56 Å². The first-order valence-electron chi connectivity index (χ1n) is 8.45. The van der Waals surface area contributed by atoms with Crippen LogP contribution in [0.2, 0.25) is 0 Å². The number of halogens is 1. The van der Waals surface area contributed by atoms with Crippen molar-refractivity contribution >= 4 is 15.9 Å². The fraction of sp³-hybridized carbons (Fsp3) is 0.316. The first-order valence-corrected chi connectivity index (χ1v) is 9.93. The molecule has 0 aliphatic rings. The molecule has 1 amide bonds. The molecule has 0 saturated carbocycles. The Labute approximate surface area is 164 Å². The highest BCUT2D eigenvalue weighted by molar-refractivity contribution is 7.89. The Hall–Kier alpha value is -2.49. The smallest absolute Gasteiger partial charge is 0.253 e. The van der Waals surface area contributed by atoms with Gasteiger partial charge in [0.15, 0.2) is 11.6 Å². The van der Waals surface area contributed by atoms with Crippen molar-refractivity contribution in [3.8, 4) is 5.75 Å². The molecule has 0 fully saturated rings.